The molecule has 2 N–H and O–H groups in total. The number of rotatable bonds is 7. The number of carbonyl (C=O) groups is 4. The highest BCUT2D eigenvalue weighted by molar-refractivity contribution is 6.39. The fourth-order valence-electron chi connectivity index (χ4n) is 3.39. The number of methoxy groups -OCH3 is 1. The van der Waals surface area contributed by atoms with Crippen molar-refractivity contribution in [3.63, 3.8) is 0 Å². The molecule has 3 aromatic rings. The van der Waals surface area contributed by atoms with Gasteiger partial charge in [-0.15, -0.1) is 0 Å². The largest absolute Gasteiger partial charge is 0.495 e. The lowest BCUT2D eigenvalue weighted by molar-refractivity contribution is -0.122. The summed E-state index contributed by atoms with van der Waals surface area (Å²) in [6.45, 7) is -0.239. The van der Waals surface area contributed by atoms with Gasteiger partial charge in [0.1, 0.15) is 17.1 Å². The molecule has 1 fully saturated rings. The van der Waals surface area contributed by atoms with Crippen molar-refractivity contribution in [1.82, 2.24) is 5.32 Å². The van der Waals surface area contributed by atoms with Crippen LogP contribution in [0.4, 0.5) is 16.2 Å². The Morgan fingerprint density at radius 1 is 1.00 bits per heavy atom. The smallest absolute Gasteiger partial charge is 0.335 e. The molecule has 1 heterocycles. The van der Waals surface area contributed by atoms with Crippen molar-refractivity contribution < 1.29 is 28.7 Å². The van der Waals surface area contributed by atoms with Gasteiger partial charge in [-0.05, 0) is 60.2 Å². The van der Waals surface area contributed by atoms with Gasteiger partial charge in [0.15, 0.2) is 6.61 Å². The Hall–Kier alpha value is -4.63. The number of halogens is 1. The molecule has 36 heavy (non-hydrogen) atoms. The Bertz CT molecular complexity index is 1350. The fraction of sp³-hybridized carbons (Fsp3) is 0.0769. The molecule has 5 amide bonds. The second-order valence-corrected chi connectivity index (χ2v) is 7.98. The third kappa shape index (κ3) is 5.53. The maximum absolute atomic E-state index is 12.9. The minimum absolute atomic E-state index is 0.214. The van der Waals surface area contributed by atoms with Crippen molar-refractivity contribution in [2.24, 2.45) is 0 Å². The number of hydrogen-bond acceptors (Lipinski definition) is 6. The van der Waals surface area contributed by atoms with E-state index in [-0.39, 0.29) is 23.8 Å². The number of benzene rings is 3. The van der Waals surface area contributed by atoms with E-state index in [1.807, 2.05) is 0 Å². The minimum Gasteiger partial charge on any atom is -0.495 e. The number of hydrogen-bond donors (Lipinski definition) is 2. The van der Waals surface area contributed by atoms with Crippen molar-refractivity contribution in [1.29, 1.82) is 0 Å². The molecule has 0 unspecified atom stereocenters. The standard InChI is InChI=1S/C26H20ClN3O6/c1-35-22-5-3-2-4-21(22)28-23(31)15-36-19-12-6-16(7-13-19)14-20-24(32)29-26(34)30(25(20)33)18-10-8-17(27)9-11-18/h2-14H,15H2,1H3,(H,28,31)(H,29,32,34)/b20-14-. The predicted molar refractivity (Wildman–Crippen MR) is 134 cm³/mol. The van der Waals surface area contributed by atoms with E-state index in [1.165, 1.54) is 37.5 Å². The first-order valence-corrected chi connectivity index (χ1v) is 11.1. The molecule has 0 saturated carbocycles. The van der Waals surface area contributed by atoms with Crippen molar-refractivity contribution in [2.45, 2.75) is 0 Å². The summed E-state index contributed by atoms with van der Waals surface area (Å²) in [5.74, 6) is -1.00. The molecule has 10 heteroatoms. The minimum atomic E-state index is -0.848. The SMILES string of the molecule is COc1ccccc1NC(=O)COc1ccc(/C=C2/C(=O)NC(=O)N(c3ccc(Cl)cc3)C2=O)cc1. The summed E-state index contributed by atoms with van der Waals surface area (Å²) in [5.41, 5.74) is 1.10. The number of imide groups is 2. The molecule has 0 radical (unpaired) electrons. The van der Waals surface area contributed by atoms with Crippen LogP contribution >= 0.6 is 11.6 Å². The van der Waals surface area contributed by atoms with Gasteiger partial charge >= 0.3 is 6.03 Å². The molecule has 0 bridgehead atoms. The van der Waals surface area contributed by atoms with E-state index in [0.717, 1.165) is 4.90 Å². The first-order chi connectivity index (χ1) is 17.4. The van der Waals surface area contributed by atoms with Crippen LogP contribution in [0, 0.1) is 0 Å². The first-order valence-electron chi connectivity index (χ1n) is 10.7. The van der Waals surface area contributed by atoms with Crippen LogP contribution in [0.3, 0.4) is 0 Å². The number of barbiturate groups is 1. The molecule has 3 aromatic carbocycles. The monoisotopic (exact) mass is 505 g/mol. The molecule has 4 rings (SSSR count). The van der Waals surface area contributed by atoms with Crippen LogP contribution in [0.5, 0.6) is 11.5 Å². The van der Waals surface area contributed by atoms with Crippen LogP contribution in [0.15, 0.2) is 78.4 Å². The Balaban J connectivity index is 1.42. The molecule has 0 aliphatic carbocycles. The van der Waals surface area contributed by atoms with E-state index in [2.05, 4.69) is 10.6 Å². The second kappa shape index (κ2) is 10.7. The van der Waals surface area contributed by atoms with E-state index >= 15 is 0 Å². The van der Waals surface area contributed by atoms with Crippen LogP contribution in [-0.2, 0) is 14.4 Å². The normalized spacial score (nSPS) is 14.4. The number of para-hydroxylation sites is 2. The lowest BCUT2D eigenvalue weighted by Crippen LogP contribution is -2.54. The average Bonchev–Trinajstić information content (AvgIpc) is 2.87. The van der Waals surface area contributed by atoms with Gasteiger partial charge < -0.3 is 14.8 Å². The lowest BCUT2D eigenvalue weighted by atomic mass is 10.1. The van der Waals surface area contributed by atoms with Gasteiger partial charge in [-0.25, -0.2) is 9.69 Å². The van der Waals surface area contributed by atoms with Crippen LogP contribution in [0.2, 0.25) is 5.02 Å². The zero-order chi connectivity index (χ0) is 25.7. The van der Waals surface area contributed by atoms with Gasteiger partial charge in [0.05, 0.1) is 18.5 Å². The zero-order valence-corrected chi connectivity index (χ0v) is 19.7. The molecule has 9 nitrogen and oxygen atoms in total. The third-order valence-corrected chi connectivity index (χ3v) is 5.38. The van der Waals surface area contributed by atoms with Gasteiger partial charge in [-0.2, -0.15) is 0 Å². The Morgan fingerprint density at radius 3 is 2.39 bits per heavy atom. The summed E-state index contributed by atoms with van der Waals surface area (Å²) in [7, 11) is 1.51. The van der Waals surface area contributed by atoms with E-state index in [4.69, 9.17) is 21.1 Å². The number of urea groups is 1. The van der Waals surface area contributed by atoms with E-state index in [9.17, 15) is 19.2 Å². The van der Waals surface area contributed by atoms with E-state index < -0.39 is 17.8 Å². The number of carbonyl (C=O) groups excluding carboxylic acids is 4. The summed E-state index contributed by atoms with van der Waals surface area (Å²) < 4.78 is 10.7. The molecular formula is C26H20ClN3O6. The topological polar surface area (TPSA) is 114 Å². The Labute approximate surface area is 211 Å². The quantitative estimate of drug-likeness (QED) is 0.370. The lowest BCUT2D eigenvalue weighted by Gasteiger charge is -2.26. The number of ether oxygens (including phenoxy) is 2. The Morgan fingerprint density at radius 2 is 1.69 bits per heavy atom. The molecule has 0 atom stereocenters. The summed E-state index contributed by atoms with van der Waals surface area (Å²) in [6.07, 6.45) is 1.37. The van der Waals surface area contributed by atoms with E-state index in [0.29, 0.717) is 27.8 Å². The summed E-state index contributed by atoms with van der Waals surface area (Å²) in [5, 5.41) is 5.31. The van der Waals surface area contributed by atoms with Crippen molar-refractivity contribution in [2.75, 3.05) is 23.9 Å². The van der Waals surface area contributed by atoms with Crippen LogP contribution < -0.4 is 25.0 Å². The predicted octanol–water partition coefficient (Wildman–Crippen LogP) is 4.03. The Kier molecular flexibility index (Phi) is 7.31. The highest BCUT2D eigenvalue weighted by Crippen LogP contribution is 2.25. The molecule has 0 spiro atoms. The highest BCUT2D eigenvalue weighted by atomic mass is 35.5. The third-order valence-electron chi connectivity index (χ3n) is 5.13. The summed E-state index contributed by atoms with van der Waals surface area (Å²) >= 11 is 5.88. The molecule has 1 saturated heterocycles. The van der Waals surface area contributed by atoms with Gasteiger partial charge in [0.2, 0.25) is 0 Å². The van der Waals surface area contributed by atoms with Crippen LogP contribution in [0.1, 0.15) is 5.56 Å². The van der Waals surface area contributed by atoms with Crippen molar-refractivity contribution in [3.8, 4) is 11.5 Å². The summed E-state index contributed by atoms with van der Waals surface area (Å²) in [4.78, 5) is 50.7. The van der Waals surface area contributed by atoms with Crippen LogP contribution in [0.25, 0.3) is 6.08 Å². The molecule has 182 valence electrons. The highest BCUT2D eigenvalue weighted by Gasteiger charge is 2.36. The number of nitrogens with one attached hydrogen (secondary N) is 2. The fourth-order valence-corrected chi connectivity index (χ4v) is 3.52. The van der Waals surface area contributed by atoms with Gasteiger partial charge in [0, 0.05) is 5.02 Å². The first kappa shape index (κ1) is 24.5. The van der Waals surface area contributed by atoms with Gasteiger partial charge in [-0.1, -0.05) is 35.9 Å². The van der Waals surface area contributed by atoms with Crippen LogP contribution in [-0.4, -0.2) is 37.5 Å². The van der Waals surface area contributed by atoms with Crippen molar-refractivity contribution >= 4 is 52.8 Å². The summed E-state index contributed by atoms with van der Waals surface area (Å²) in [6, 6.07) is 18.6. The van der Waals surface area contributed by atoms with Crippen molar-refractivity contribution in [3.05, 3.63) is 89.0 Å². The number of nitrogens with zero attached hydrogens (tertiary/aromatic N) is 1. The number of anilines is 2. The molecule has 1 aliphatic rings. The molecule has 0 aromatic heterocycles. The van der Waals surface area contributed by atoms with E-state index in [1.54, 1.807) is 48.5 Å². The maximum atomic E-state index is 12.9. The van der Waals surface area contributed by atoms with Gasteiger partial charge in [-0.3, -0.25) is 19.7 Å². The molecular weight excluding hydrogens is 486 g/mol. The zero-order valence-electron chi connectivity index (χ0n) is 19.0. The average molecular weight is 506 g/mol. The van der Waals surface area contributed by atoms with Gasteiger partial charge in [0.25, 0.3) is 17.7 Å². The second-order valence-electron chi connectivity index (χ2n) is 7.54. The molecule has 1 aliphatic heterocycles. The maximum Gasteiger partial charge on any atom is 0.335 e. The number of amides is 5.